The van der Waals surface area contributed by atoms with Gasteiger partial charge in [0.15, 0.2) is 10.9 Å². The van der Waals surface area contributed by atoms with Crippen LogP contribution in [0, 0.1) is 22.7 Å². The molecule has 0 spiro atoms. The van der Waals surface area contributed by atoms with Crippen molar-refractivity contribution in [2.24, 2.45) is 5.92 Å². The van der Waals surface area contributed by atoms with Crippen LogP contribution < -0.4 is 4.90 Å². The van der Waals surface area contributed by atoms with Crippen LogP contribution in [0.25, 0.3) is 5.69 Å². The summed E-state index contributed by atoms with van der Waals surface area (Å²) in [7, 11) is 0. The van der Waals surface area contributed by atoms with Crippen molar-refractivity contribution in [1.29, 1.82) is 10.7 Å². The summed E-state index contributed by atoms with van der Waals surface area (Å²) in [5.74, 6) is -0.592. The van der Waals surface area contributed by atoms with Crippen LogP contribution in [-0.2, 0) is 4.79 Å². The largest absolute Gasteiger partial charge is 0.341 e. The van der Waals surface area contributed by atoms with Gasteiger partial charge >= 0.3 is 0 Å². The summed E-state index contributed by atoms with van der Waals surface area (Å²) in [5, 5.41) is 26.4. The Kier molecular flexibility index (Phi) is 6.14. The number of ketones is 1. The van der Waals surface area contributed by atoms with Crippen LogP contribution >= 0.6 is 23.4 Å². The van der Waals surface area contributed by atoms with E-state index in [2.05, 4.69) is 15.1 Å². The predicted octanol–water partition coefficient (Wildman–Crippen LogP) is 3.36. The first-order valence-corrected chi connectivity index (χ1v) is 9.94. The van der Waals surface area contributed by atoms with Gasteiger partial charge < -0.3 is 10.3 Å². The number of carbonyl (C=O) groups is 1. The molecule has 9 heteroatoms. The Hall–Kier alpha value is -2.37. The minimum absolute atomic E-state index is 0.0387. The first kappa shape index (κ1) is 19.4. The molecule has 1 aliphatic heterocycles. The van der Waals surface area contributed by atoms with Crippen molar-refractivity contribution < 1.29 is 4.79 Å². The summed E-state index contributed by atoms with van der Waals surface area (Å²) in [6.07, 6.45) is 2.19. The fourth-order valence-corrected chi connectivity index (χ4v) is 4.02. The number of para-hydroxylation sites is 1. The highest BCUT2D eigenvalue weighted by Gasteiger charge is 2.25. The molecule has 2 aromatic rings. The number of Topliss-reactive ketones (excluding diaryl/α,β-unsaturated/α-hetero) is 1. The van der Waals surface area contributed by atoms with Crippen LogP contribution in [0.4, 0.5) is 5.95 Å². The molecule has 1 atom stereocenters. The van der Waals surface area contributed by atoms with Crippen LogP contribution in [-0.4, -0.2) is 45.1 Å². The molecule has 2 heterocycles. The lowest BCUT2D eigenvalue weighted by atomic mass is 10.0. The fraction of sp³-hybridized carbons (Fsp3) is 0.389. The van der Waals surface area contributed by atoms with Gasteiger partial charge in [0.05, 0.1) is 22.5 Å². The third kappa shape index (κ3) is 4.15. The van der Waals surface area contributed by atoms with Gasteiger partial charge in [-0.1, -0.05) is 35.5 Å². The number of hydrogen-bond acceptors (Lipinski definition) is 7. The number of thioether (sulfide) groups is 1. The van der Waals surface area contributed by atoms with E-state index in [-0.39, 0.29) is 17.2 Å². The summed E-state index contributed by atoms with van der Waals surface area (Å²) in [5.41, 5.74) is 0.800. The van der Waals surface area contributed by atoms with E-state index >= 15 is 0 Å². The monoisotopic (exact) mass is 402 g/mol. The van der Waals surface area contributed by atoms with Gasteiger partial charge in [-0.05, 0) is 31.9 Å². The number of benzene rings is 1. The van der Waals surface area contributed by atoms with Crippen LogP contribution in [0.3, 0.4) is 0 Å². The van der Waals surface area contributed by atoms with Gasteiger partial charge in [-0.2, -0.15) is 5.26 Å². The highest BCUT2D eigenvalue weighted by Crippen LogP contribution is 2.32. The fourth-order valence-electron chi connectivity index (χ4n) is 2.95. The van der Waals surface area contributed by atoms with Crippen molar-refractivity contribution in [2.75, 3.05) is 23.7 Å². The van der Waals surface area contributed by atoms with Crippen LogP contribution in [0.1, 0.15) is 19.8 Å². The highest BCUT2D eigenvalue weighted by atomic mass is 35.5. The van der Waals surface area contributed by atoms with Gasteiger partial charge in [0, 0.05) is 18.8 Å². The Morgan fingerprint density at radius 3 is 2.70 bits per heavy atom. The van der Waals surface area contributed by atoms with Crippen molar-refractivity contribution >= 4 is 40.8 Å². The summed E-state index contributed by atoms with van der Waals surface area (Å²) >= 11 is 7.61. The van der Waals surface area contributed by atoms with Gasteiger partial charge in [0.1, 0.15) is 5.92 Å². The lowest BCUT2D eigenvalue weighted by Gasteiger charge is -2.19. The smallest absolute Gasteiger partial charge is 0.232 e. The molecule has 1 aliphatic rings. The normalized spacial score (nSPS) is 14.8. The van der Waals surface area contributed by atoms with Gasteiger partial charge in [-0.15, -0.1) is 10.2 Å². The zero-order valence-electron chi connectivity index (χ0n) is 14.9. The molecular weight excluding hydrogens is 384 g/mol. The van der Waals surface area contributed by atoms with E-state index in [4.69, 9.17) is 22.3 Å². The topological polar surface area (TPSA) is 98.7 Å². The van der Waals surface area contributed by atoms with E-state index in [1.165, 1.54) is 18.7 Å². The van der Waals surface area contributed by atoms with Crippen molar-refractivity contribution in [2.45, 2.75) is 24.9 Å². The molecular formula is C18H19ClN6OS. The summed E-state index contributed by atoms with van der Waals surface area (Å²) in [6.45, 7) is 3.26. The van der Waals surface area contributed by atoms with E-state index < -0.39 is 5.92 Å². The molecule has 1 N–H and O–H groups in total. The number of halogens is 1. The van der Waals surface area contributed by atoms with Crippen molar-refractivity contribution in [3.05, 3.63) is 29.3 Å². The minimum Gasteiger partial charge on any atom is -0.341 e. The molecule has 0 saturated carbocycles. The Balaban J connectivity index is 1.92. The Morgan fingerprint density at radius 1 is 1.37 bits per heavy atom. The zero-order valence-corrected chi connectivity index (χ0v) is 16.4. The molecule has 1 aromatic carbocycles. The number of hydrogen-bond donors (Lipinski definition) is 1. The molecule has 0 aliphatic carbocycles. The van der Waals surface area contributed by atoms with Crippen LogP contribution in [0.2, 0.25) is 5.02 Å². The van der Waals surface area contributed by atoms with E-state index in [1.807, 2.05) is 28.8 Å². The van der Waals surface area contributed by atoms with Crippen molar-refractivity contribution in [1.82, 2.24) is 14.8 Å². The number of aromatic nitrogens is 3. The molecule has 1 unspecified atom stereocenters. The molecule has 1 fully saturated rings. The zero-order chi connectivity index (χ0) is 19.4. The molecule has 1 aromatic heterocycles. The molecule has 27 heavy (non-hydrogen) atoms. The van der Waals surface area contributed by atoms with E-state index in [0.29, 0.717) is 16.1 Å². The number of anilines is 1. The third-order valence-electron chi connectivity index (χ3n) is 4.33. The number of nitriles is 1. The maximum Gasteiger partial charge on any atom is 0.232 e. The number of nitrogens with zero attached hydrogens (tertiary/aromatic N) is 5. The molecule has 0 amide bonds. The summed E-state index contributed by atoms with van der Waals surface area (Å²) in [4.78, 5) is 14.4. The second kappa shape index (κ2) is 8.55. The quantitative estimate of drug-likeness (QED) is 0.563. The molecule has 0 radical (unpaired) electrons. The van der Waals surface area contributed by atoms with E-state index in [0.717, 1.165) is 31.6 Å². The summed E-state index contributed by atoms with van der Waals surface area (Å²) in [6, 6.07) is 9.31. The Bertz CT molecular complexity index is 899. The van der Waals surface area contributed by atoms with Gasteiger partial charge in [-0.25, -0.2) is 0 Å². The van der Waals surface area contributed by atoms with Gasteiger partial charge in [0.25, 0.3) is 0 Å². The standard InChI is InChI=1S/C18H19ClN6OS/c1-12(21)13(10-20)16(26)11-27-18-23-22-17(24-8-4-5-9-24)25(18)15-7-3-2-6-14(15)19/h2-3,6-7,13,21H,4-5,8-9,11H2,1H3. The molecule has 1 saturated heterocycles. The number of rotatable bonds is 7. The first-order chi connectivity index (χ1) is 13.0. The Labute approximate surface area is 166 Å². The molecule has 140 valence electrons. The van der Waals surface area contributed by atoms with E-state index in [9.17, 15) is 4.79 Å². The number of nitrogens with one attached hydrogen (secondary N) is 1. The highest BCUT2D eigenvalue weighted by molar-refractivity contribution is 7.99. The summed E-state index contributed by atoms with van der Waals surface area (Å²) < 4.78 is 1.87. The third-order valence-corrected chi connectivity index (χ3v) is 5.60. The Morgan fingerprint density at radius 2 is 2.07 bits per heavy atom. The van der Waals surface area contributed by atoms with E-state index in [1.54, 1.807) is 6.07 Å². The van der Waals surface area contributed by atoms with Crippen molar-refractivity contribution in [3.63, 3.8) is 0 Å². The molecule has 7 nitrogen and oxygen atoms in total. The SMILES string of the molecule is CC(=N)C(C#N)C(=O)CSc1nnc(N2CCCC2)n1-c1ccccc1Cl. The molecule has 3 rings (SSSR count). The van der Waals surface area contributed by atoms with Gasteiger partial charge in [0.2, 0.25) is 5.95 Å². The maximum absolute atomic E-state index is 12.3. The minimum atomic E-state index is -1.02. The molecule has 0 bridgehead atoms. The van der Waals surface area contributed by atoms with Gasteiger partial charge in [-0.3, -0.25) is 9.36 Å². The predicted molar refractivity (Wildman–Crippen MR) is 106 cm³/mol. The number of carbonyl (C=O) groups excluding carboxylic acids is 1. The second-order valence-electron chi connectivity index (χ2n) is 6.26. The lowest BCUT2D eigenvalue weighted by molar-refractivity contribution is -0.117. The van der Waals surface area contributed by atoms with Crippen LogP contribution in [0.15, 0.2) is 29.4 Å². The first-order valence-electron chi connectivity index (χ1n) is 8.58. The second-order valence-corrected chi connectivity index (χ2v) is 7.61. The maximum atomic E-state index is 12.3. The average molecular weight is 403 g/mol. The lowest BCUT2D eigenvalue weighted by Crippen LogP contribution is -2.23. The van der Waals surface area contributed by atoms with Crippen molar-refractivity contribution in [3.8, 4) is 11.8 Å². The average Bonchev–Trinajstić information content (AvgIpc) is 3.30. The van der Waals surface area contributed by atoms with Crippen LogP contribution in [0.5, 0.6) is 0 Å².